The lowest BCUT2D eigenvalue weighted by atomic mass is 9.87. The molecule has 2 aromatic carbocycles. The number of benzene rings is 2. The molecule has 7 heteroatoms. The lowest BCUT2D eigenvalue weighted by molar-refractivity contribution is -0.117. The summed E-state index contributed by atoms with van der Waals surface area (Å²) in [5.74, 6) is 0.819. The van der Waals surface area contributed by atoms with Gasteiger partial charge in [0.25, 0.3) is 0 Å². The molecule has 0 radical (unpaired) electrons. The lowest BCUT2D eigenvalue weighted by Crippen LogP contribution is -2.25. The number of amides is 1. The lowest BCUT2D eigenvalue weighted by Gasteiger charge is -2.26. The van der Waals surface area contributed by atoms with E-state index in [1.54, 1.807) is 0 Å². The number of anilines is 1. The zero-order valence-electron chi connectivity index (χ0n) is 13.4. The number of methoxy groups -OCH3 is 1. The summed E-state index contributed by atoms with van der Waals surface area (Å²) in [5.41, 5.74) is 1.57. The molecular weight excluding hydrogens is 322 g/mol. The van der Waals surface area contributed by atoms with E-state index in [9.17, 15) is 4.79 Å². The second-order valence-electron chi connectivity index (χ2n) is 5.53. The summed E-state index contributed by atoms with van der Waals surface area (Å²) in [4.78, 5) is 12.9. The van der Waals surface area contributed by atoms with E-state index in [0.29, 0.717) is 17.4 Å². The molecule has 0 unspecified atom stereocenters. The topological polar surface area (TPSA) is 86.5 Å². The van der Waals surface area contributed by atoms with Gasteiger partial charge in [0.1, 0.15) is 18.1 Å². The van der Waals surface area contributed by atoms with Crippen molar-refractivity contribution in [2.24, 2.45) is 0 Å². The SMILES string of the molecule is COCc1nnc(NC(=O)C2c3ccccc3Oc3ccccc32)o1. The number of aromatic nitrogens is 2. The summed E-state index contributed by atoms with van der Waals surface area (Å²) in [7, 11) is 1.53. The summed E-state index contributed by atoms with van der Waals surface area (Å²) in [6, 6.07) is 15.0. The Balaban J connectivity index is 1.67. The molecule has 1 aliphatic rings. The van der Waals surface area contributed by atoms with Crippen LogP contribution in [0.2, 0.25) is 0 Å². The molecule has 0 fully saturated rings. The molecule has 126 valence electrons. The van der Waals surface area contributed by atoms with Gasteiger partial charge in [0, 0.05) is 18.2 Å². The van der Waals surface area contributed by atoms with Crippen LogP contribution in [0.3, 0.4) is 0 Å². The first-order valence-electron chi connectivity index (χ1n) is 7.74. The van der Waals surface area contributed by atoms with Crippen molar-refractivity contribution < 1.29 is 18.7 Å². The molecule has 1 N–H and O–H groups in total. The molecule has 7 nitrogen and oxygen atoms in total. The van der Waals surface area contributed by atoms with E-state index in [0.717, 1.165) is 11.1 Å². The Morgan fingerprint density at radius 1 is 1.08 bits per heavy atom. The Bertz CT molecular complexity index is 876. The van der Waals surface area contributed by atoms with Crippen LogP contribution >= 0.6 is 0 Å². The van der Waals surface area contributed by atoms with Crippen molar-refractivity contribution in [1.82, 2.24) is 10.2 Å². The van der Waals surface area contributed by atoms with Gasteiger partial charge in [-0.3, -0.25) is 10.1 Å². The van der Waals surface area contributed by atoms with Crippen LogP contribution < -0.4 is 10.1 Å². The van der Waals surface area contributed by atoms with Crippen LogP contribution in [0.5, 0.6) is 11.5 Å². The second-order valence-corrected chi connectivity index (χ2v) is 5.53. The van der Waals surface area contributed by atoms with Crippen molar-refractivity contribution >= 4 is 11.9 Å². The zero-order valence-corrected chi connectivity index (χ0v) is 13.4. The van der Waals surface area contributed by atoms with Gasteiger partial charge in [0.05, 0.1) is 5.92 Å². The maximum Gasteiger partial charge on any atom is 0.322 e. The number of carbonyl (C=O) groups excluding carboxylic acids is 1. The first kappa shape index (κ1) is 15.3. The summed E-state index contributed by atoms with van der Waals surface area (Å²) in [6.45, 7) is 0.186. The van der Waals surface area contributed by atoms with Crippen LogP contribution in [0.4, 0.5) is 6.01 Å². The van der Waals surface area contributed by atoms with Crippen LogP contribution in [-0.4, -0.2) is 23.2 Å². The fourth-order valence-corrected chi connectivity index (χ4v) is 2.86. The van der Waals surface area contributed by atoms with E-state index in [1.807, 2.05) is 48.5 Å². The van der Waals surface area contributed by atoms with Crippen molar-refractivity contribution in [2.45, 2.75) is 12.5 Å². The normalized spacial score (nSPS) is 12.8. The monoisotopic (exact) mass is 337 g/mol. The van der Waals surface area contributed by atoms with Crippen LogP contribution in [-0.2, 0) is 16.1 Å². The standard InChI is InChI=1S/C18H15N3O4/c1-23-10-15-20-21-18(25-15)19-17(22)16-11-6-2-4-8-13(11)24-14-9-5-3-7-12(14)16/h2-9,16H,10H2,1H3,(H,19,21,22). The third-order valence-electron chi connectivity index (χ3n) is 3.91. The van der Waals surface area contributed by atoms with Gasteiger partial charge in [-0.1, -0.05) is 41.5 Å². The minimum absolute atomic E-state index is 0.0403. The first-order valence-corrected chi connectivity index (χ1v) is 7.74. The molecular formula is C18H15N3O4. The van der Waals surface area contributed by atoms with E-state index in [2.05, 4.69) is 15.5 Å². The van der Waals surface area contributed by atoms with Crippen molar-refractivity contribution in [1.29, 1.82) is 0 Å². The highest BCUT2D eigenvalue weighted by Crippen LogP contribution is 2.44. The summed E-state index contributed by atoms with van der Waals surface area (Å²) >= 11 is 0. The number of nitrogens with one attached hydrogen (secondary N) is 1. The van der Waals surface area contributed by atoms with Gasteiger partial charge in [0.15, 0.2) is 0 Å². The van der Waals surface area contributed by atoms with Gasteiger partial charge < -0.3 is 13.9 Å². The van der Waals surface area contributed by atoms with Crippen LogP contribution in [0.15, 0.2) is 52.9 Å². The number of para-hydroxylation sites is 2. The molecule has 1 aliphatic heterocycles. The number of hydrogen-bond acceptors (Lipinski definition) is 6. The highest BCUT2D eigenvalue weighted by Gasteiger charge is 2.33. The van der Waals surface area contributed by atoms with Crippen molar-refractivity contribution in [2.75, 3.05) is 12.4 Å². The summed E-state index contributed by atoms with van der Waals surface area (Å²) in [5, 5.41) is 10.3. The molecule has 3 aromatic rings. The van der Waals surface area contributed by atoms with Crippen molar-refractivity contribution in [3.05, 3.63) is 65.5 Å². The molecule has 2 heterocycles. The number of nitrogens with zero attached hydrogens (tertiary/aromatic N) is 2. The van der Waals surface area contributed by atoms with Crippen molar-refractivity contribution in [3.63, 3.8) is 0 Å². The fraction of sp³-hybridized carbons (Fsp3) is 0.167. The molecule has 4 rings (SSSR count). The Morgan fingerprint density at radius 3 is 2.36 bits per heavy atom. The molecule has 0 bridgehead atoms. The molecule has 0 spiro atoms. The third-order valence-corrected chi connectivity index (χ3v) is 3.91. The Kier molecular flexibility index (Phi) is 3.91. The molecule has 0 atom stereocenters. The maximum absolute atomic E-state index is 12.9. The predicted molar refractivity (Wildman–Crippen MR) is 88.4 cm³/mol. The van der Waals surface area contributed by atoms with E-state index >= 15 is 0 Å². The number of fused-ring (bicyclic) bond motifs is 2. The highest BCUT2D eigenvalue weighted by atomic mass is 16.5. The smallest absolute Gasteiger partial charge is 0.322 e. The van der Waals surface area contributed by atoms with Gasteiger partial charge in [0.2, 0.25) is 11.8 Å². The fourth-order valence-electron chi connectivity index (χ4n) is 2.86. The minimum Gasteiger partial charge on any atom is -0.457 e. The summed E-state index contributed by atoms with van der Waals surface area (Å²) in [6.07, 6.45) is 0. The Hall–Kier alpha value is -3.19. The highest BCUT2D eigenvalue weighted by molar-refractivity contribution is 5.98. The number of hydrogen-bond donors (Lipinski definition) is 1. The number of carbonyl (C=O) groups is 1. The number of ether oxygens (including phenoxy) is 2. The van der Waals surface area contributed by atoms with E-state index < -0.39 is 5.92 Å². The average molecular weight is 337 g/mol. The van der Waals surface area contributed by atoms with Gasteiger partial charge in [-0.15, -0.1) is 5.10 Å². The molecule has 0 saturated carbocycles. The quantitative estimate of drug-likeness (QED) is 0.787. The third kappa shape index (κ3) is 2.85. The van der Waals surface area contributed by atoms with E-state index in [-0.39, 0.29) is 18.5 Å². The van der Waals surface area contributed by atoms with Gasteiger partial charge >= 0.3 is 6.01 Å². The van der Waals surface area contributed by atoms with E-state index in [4.69, 9.17) is 13.9 Å². The molecule has 1 amide bonds. The average Bonchev–Trinajstić information content (AvgIpc) is 3.06. The molecule has 1 aromatic heterocycles. The zero-order chi connectivity index (χ0) is 17.2. The summed E-state index contributed by atoms with van der Waals surface area (Å²) < 4.78 is 16.2. The largest absolute Gasteiger partial charge is 0.457 e. The maximum atomic E-state index is 12.9. The van der Waals surface area contributed by atoms with Crippen molar-refractivity contribution in [3.8, 4) is 11.5 Å². The minimum atomic E-state index is -0.529. The van der Waals surface area contributed by atoms with E-state index in [1.165, 1.54) is 7.11 Å². The molecule has 0 saturated heterocycles. The van der Waals surface area contributed by atoms with Gasteiger partial charge in [-0.05, 0) is 12.1 Å². The van der Waals surface area contributed by atoms with Gasteiger partial charge in [-0.25, -0.2) is 0 Å². The molecule has 0 aliphatic carbocycles. The predicted octanol–water partition coefficient (Wildman–Crippen LogP) is 3.09. The van der Waals surface area contributed by atoms with Crippen LogP contribution in [0, 0.1) is 0 Å². The van der Waals surface area contributed by atoms with Gasteiger partial charge in [-0.2, -0.15) is 0 Å². The Labute approximate surface area is 143 Å². The van der Waals surface area contributed by atoms with Crippen LogP contribution in [0.1, 0.15) is 22.9 Å². The molecule has 25 heavy (non-hydrogen) atoms. The Morgan fingerprint density at radius 2 is 1.72 bits per heavy atom. The number of rotatable bonds is 4. The second kappa shape index (κ2) is 6.37. The first-order chi connectivity index (χ1) is 12.3. The van der Waals surface area contributed by atoms with Crippen LogP contribution in [0.25, 0.3) is 0 Å².